The highest BCUT2D eigenvalue weighted by Crippen LogP contribution is 2.47. The molecule has 5 heteroatoms. The lowest BCUT2D eigenvalue weighted by atomic mass is 9.77. The van der Waals surface area contributed by atoms with Crippen LogP contribution in [0.15, 0.2) is 106 Å². The number of para-hydroxylation sites is 1. The van der Waals surface area contributed by atoms with E-state index in [1.807, 2.05) is 23.1 Å². The van der Waals surface area contributed by atoms with E-state index in [2.05, 4.69) is 108 Å². The molecule has 0 amide bonds. The van der Waals surface area contributed by atoms with Crippen LogP contribution in [-0.2, 0) is 6.54 Å². The van der Waals surface area contributed by atoms with Gasteiger partial charge in [0.25, 0.3) is 5.01 Å². The van der Waals surface area contributed by atoms with Gasteiger partial charge in [0.1, 0.15) is 11.2 Å². The lowest BCUT2D eigenvalue weighted by Crippen LogP contribution is -3.00. The number of halogens is 1. The van der Waals surface area contributed by atoms with Crippen molar-refractivity contribution in [3.63, 3.8) is 0 Å². The van der Waals surface area contributed by atoms with Crippen molar-refractivity contribution in [2.75, 3.05) is 11.4 Å². The number of aromatic nitrogens is 1. The number of thiazole rings is 1. The Kier molecular flexibility index (Phi) is 7.75. The smallest absolute Gasteiger partial charge is 0.263 e. The van der Waals surface area contributed by atoms with E-state index in [0.29, 0.717) is 5.92 Å². The average molecular weight is 661 g/mol. The Labute approximate surface area is 256 Å². The summed E-state index contributed by atoms with van der Waals surface area (Å²) in [6.07, 6.45) is 14.8. The van der Waals surface area contributed by atoms with E-state index < -0.39 is 0 Å². The molecule has 198 valence electrons. The Bertz CT molecular complexity index is 1690. The summed E-state index contributed by atoms with van der Waals surface area (Å²) in [7, 11) is 0. The van der Waals surface area contributed by atoms with Crippen molar-refractivity contribution >= 4 is 55.9 Å². The number of benzene rings is 3. The summed E-state index contributed by atoms with van der Waals surface area (Å²) < 4.78 is 3.89. The van der Waals surface area contributed by atoms with Crippen molar-refractivity contribution in [3.05, 3.63) is 106 Å². The van der Waals surface area contributed by atoms with E-state index in [-0.39, 0.29) is 24.0 Å². The van der Waals surface area contributed by atoms with E-state index in [4.69, 9.17) is 0 Å². The Morgan fingerprint density at radius 1 is 0.923 bits per heavy atom. The fraction of sp³-hybridized carbons (Fsp3) is 0.265. The fourth-order valence-electron chi connectivity index (χ4n) is 6.34. The van der Waals surface area contributed by atoms with Gasteiger partial charge in [-0.25, -0.2) is 0 Å². The fourth-order valence-corrected chi connectivity index (χ4v) is 8.76. The third-order valence-electron chi connectivity index (χ3n) is 8.24. The number of rotatable bonds is 4. The van der Waals surface area contributed by atoms with E-state index in [1.165, 1.54) is 84.0 Å². The van der Waals surface area contributed by atoms with Gasteiger partial charge in [-0.3, -0.25) is 0 Å². The van der Waals surface area contributed by atoms with Gasteiger partial charge in [0, 0.05) is 17.5 Å². The second kappa shape index (κ2) is 11.3. The van der Waals surface area contributed by atoms with Crippen LogP contribution in [0, 0.1) is 5.92 Å². The molecule has 1 aliphatic heterocycles. The molecule has 1 atom stereocenters. The Morgan fingerprint density at radius 2 is 1.74 bits per heavy atom. The molecule has 2 aliphatic carbocycles. The standard InChI is InChI=1S/C34H33N2S2.HI/c1-3-35-29-11-7-8-12-30(29)37-32(35)21-23-13-15-25-16-14-24(20-27(25)19-23)22-33-36(4-2)34-28-10-6-5-9-26(28)17-18-31(34)38-33;/h5-12,17-22,25H,3-4,13-16H2,1-2H3;1H/q+1;/p-1. The maximum atomic E-state index is 2.51. The topological polar surface area (TPSA) is 7.12 Å². The molecule has 2 heterocycles. The summed E-state index contributed by atoms with van der Waals surface area (Å²) in [6.45, 7) is 6.51. The third-order valence-corrected chi connectivity index (χ3v) is 10.4. The molecule has 0 bridgehead atoms. The largest absolute Gasteiger partial charge is 1.00 e. The quantitative estimate of drug-likeness (QED) is 0.188. The number of aryl methyl sites for hydroxylation is 1. The minimum absolute atomic E-state index is 0. The van der Waals surface area contributed by atoms with Gasteiger partial charge in [0.15, 0.2) is 0 Å². The van der Waals surface area contributed by atoms with Crippen LogP contribution in [0.3, 0.4) is 0 Å². The third kappa shape index (κ3) is 4.91. The zero-order valence-electron chi connectivity index (χ0n) is 22.5. The number of hydrogen-bond acceptors (Lipinski definition) is 3. The van der Waals surface area contributed by atoms with E-state index in [1.54, 1.807) is 0 Å². The van der Waals surface area contributed by atoms with Crippen LogP contribution in [0.5, 0.6) is 0 Å². The SMILES string of the molecule is CCN1/C(=C/C2=CC3=C/C(=C/c4sc5ccc6ccccc6c5[n+]4CC)CCC3CC2)Sc2ccccc21.[I-]. The lowest BCUT2D eigenvalue weighted by molar-refractivity contribution is -0.664. The molecule has 0 fully saturated rings. The first-order valence-corrected chi connectivity index (χ1v) is 15.6. The molecule has 3 aliphatic rings. The van der Waals surface area contributed by atoms with Gasteiger partial charge in [-0.15, -0.1) is 0 Å². The molecule has 39 heavy (non-hydrogen) atoms. The first-order valence-electron chi connectivity index (χ1n) is 13.9. The maximum Gasteiger partial charge on any atom is 0.263 e. The van der Waals surface area contributed by atoms with Crippen molar-refractivity contribution < 1.29 is 28.5 Å². The second-order valence-electron chi connectivity index (χ2n) is 10.5. The van der Waals surface area contributed by atoms with Gasteiger partial charge in [0.2, 0.25) is 5.52 Å². The van der Waals surface area contributed by atoms with Gasteiger partial charge in [-0.2, -0.15) is 4.57 Å². The maximum absolute atomic E-state index is 2.51. The molecule has 0 radical (unpaired) electrons. The van der Waals surface area contributed by atoms with Crippen LogP contribution in [0.4, 0.5) is 5.69 Å². The molecule has 0 N–H and O–H groups in total. The van der Waals surface area contributed by atoms with Crippen LogP contribution in [0.1, 0.15) is 44.5 Å². The summed E-state index contributed by atoms with van der Waals surface area (Å²) >= 11 is 3.84. The summed E-state index contributed by atoms with van der Waals surface area (Å²) in [5, 5.41) is 5.41. The highest BCUT2D eigenvalue weighted by Gasteiger charge is 2.27. The van der Waals surface area contributed by atoms with Gasteiger partial charge in [0.05, 0.1) is 16.1 Å². The molecule has 0 saturated carbocycles. The van der Waals surface area contributed by atoms with Crippen molar-refractivity contribution in [1.29, 1.82) is 0 Å². The van der Waals surface area contributed by atoms with Crippen molar-refractivity contribution in [3.8, 4) is 0 Å². The summed E-state index contributed by atoms with van der Waals surface area (Å²) in [5.74, 6) is 0.703. The number of hydrogen-bond donors (Lipinski definition) is 0. The molecule has 1 aromatic heterocycles. The lowest BCUT2D eigenvalue weighted by Gasteiger charge is -2.28. The summed E-state index contributed by atoms with van der Waals surface area (Å²) in [5.41, 5.74) is 7.20. The summed E-state index contributed by atoms with van der Waals surface area (Å²) in [6, 6.07) is 22.1. The van der Waals surface area contributed by atoms with E-state index in [0.717, 1.165) is 13.1 Å². The number of nitrogens with zero attached hydrogens (tertiary/aromatic N) is 2. The molecule has 3 aromatic carbocycles. The first-order chi connectivity index (χ1) is 18.7. The zero-order chi connectivity index (χ0) is 25.6. The molecular weight excluding hydrogens is 627 g/mol. The van der Waals surface area contributed by atoms with E-state index >= 15 is 0 Å². The van der Waals surface area contributed by atoms with Crippen LogP contribution >= 0.6 is 23.1 Å². The molecule has 4 aromatic rings. The monoisotopic (exact) mass is 660 g/mol. The second-order valence-corrected chi connectivity index (χ2v) is 12.6. The van der Waals surface area contributed by atoms with Gasteiger partial charge >= 0.3 is 0 Å². The predicted molar refractivity (Wildman–Crippen MR) is 165 cm³/mol. The number of thioether (sulfide) groups is 1. The van der Waals surface area contributed by atoms with Gasteiger partial charge in [-0.05, 0) is 97.9 Å². The summed E-state index contributed by atoms with van der Waals surface area (Å²) in [4.78, 5) is 3.83. The van der Waals surface area contributed by atoms with Crippen LogP contribution in [0.25, 0.3) is 27.1 Å². The minimum Gasteiger partial charge on any atom is -1.00 e. The molecular formula is C34H33IN2S2. The van der Waals surface area contributed by atoms with Gasteiger partial charge < -0.3 is 28.9 Å². The first kappa shape index (κ1) is 26.9. The average Bonchev–Trinajstić information content (AvgIpc) is 3.49. The van der Waals surface area contributed by atoms with Crippen molar-refractivity contribution in [2.24, 2.45) is 5.92 Å². The Hall–Kier alpha value is -2.35. The number of fused-ring (bicyclic) bond motifs is 5. The van der Waals surface area contributed by atoms with Crippen molar-refractivity contribution in [2.45, 2.75) is 51.0 Å². The molecule has 2 nitrogen and oxygen atoms in total. The zero-order valence-corrected chi connectivity index (χ0v) is 26.3. The highest BCUT2D eigenvalue weighted by molar-refractivity contribution is 8.03. The Morgan fingerprint density at radius 3 is 2.62 bits per heavy atom. The van der Waals surface area contributed by atoms with E-state index in [9.17, 15) is 0 Å². The van der Waals surface area contributed by atoms with Crippen LogP contribution in [-0.4, -0.2) is 6.54 Å². The van der Waals surface area contributed by atoms with Gasteiger partial charge in [-0.1, -0.05) is 71.6 Å². The number of allylic oxidation sites excluding steroid dienone is 6. The highest BCUT2D eigenvalue weighted by atomic mass is 127. The van der Waals surface area contributed by atoms with Crippen LogP contribution < -0.4 is 33.4 Å². The predicted octanol–water partition coefficient (Wildman–Crippen LogP) is 6.28. The molecule has 0 spiro atoms. The number of anilines is 1. The minimum atomic E-state index is 0. The molecule has 7 rings (SSSR count). The molecule has 1 unspecified atom stereocenters. The van der Waals surface area contributed by atoms with Crippen molar-refractivity contribution in [1.82, 2.24) is 0 Å². The Balaban J connectivity index is 0.00000277. The van der Waals surface area contributed by atoms with Crippen LogP contribution in [0.2, 0.25) is 0 Å². The molecule has 0 saturated heterocycles. The normalized spacial score (nSPS) is 20.7.